The predicted octanol–water partition coefficient (Wildman–Crippen LogP) is 3.24. The first-order chi connectivity index (χ1) is 20.8. The lowest BCUT2D eigenvalue weighted by molar-refractivity contribution is -0.169. The van der Waals surface area contributed by atoms with Gasteiger partial charge in [-0.15, -0.1) is 0 Å². The third kappa shape index (κ3) is 4.54. The van der Waals surface area contributed by atoms with Crippen LogP contribution in [0.5, 0.6) is 0 Å². The SMILES string of the molecule is Cc1c(N2C(=O)/C(=C\c3c(N4CCC5(CC4)OCCO5)nc4ccccn4c3=O)SC2=S)c(=O)n(-c2ccccc2)n1C. The molecule has 6 heterocycles. The number of amides is 1. The standard InChI is InChI=1S/C30H28N6O5S2/c1-19-24(28(39)36(32(19)2)20-8-4-3-5-9-20)35-27(38)22(43-29(35)42)18-21-25(31-23-10-6-7-13-34(23)26(21)37)33-14-11-30(12-15-33)40-16-17-41-30/h3-10,13,18H,11-12,14-17H2,1-2H3/b22-18+. The maximum Gasteiger partial charge on any atom is 0.296 e. The number of fused-ring (bicyclic) bond motifs is 1. The number of thiocarbonyl (C=S) groups is 1. The van der Waals surface area contributed by atoms with Crippen LogP contribution >= 0.6 is 24.0 Å². The number of rotatable bonds is 4. The van der Waals surface area contributed by atoms with Crippen LogP contribution in [0, 0.1) is 6.92 Å². The summed E-state index contributed by atoms with van der Waals surface area (Å²) in [4.78, 5) is 49.9. The summed E-state index contributed by atoms with van der Waals surface area (Å²) in [5, 5.41) is 0. The van der Waals surface area contributed by atoms with Crippen molar-refractivity contribution >= 4 is 57.4 Å². The number of ether oxygens (including phenoxy) is 2. The monoisotopic (exact) mass is 616 g/mol. The fourth-order valence-corrected chi connectivity index (χ4v) is 7.16. The van der Waals surface area contributed by atoms with Crippen LogP contribution in [0.4, 0.5) is 11.5 Å². The highest BCUT2D eigenvalue weighted by Gasteiger charge is 2.41. The lowest BCUT2D eigenvalue weighted by Crippen LogP contribution is -2.46. The summed E-state index contributed by atoms with van der Waals surface area (Å²) < 4.78 is 16.7. The molecule has 0 bridgehead atoms. The van der Waals surface area contributed by atoms with Gasteiger partial charge in [-0.1, -0.05) is 48.2 Å². The van der Waals surface area contributed by atoms with E-state index in [1.807, 2.05) is 41.3 Å². The summed E-state index contributed by atoms with van der Waals surface area (Å²) in [6.45, 7) is 4.05. The molecule has 3 aliphatic heterocycles. The molecule has 0 atom stereocenters. The van der Waals surface area contributed by atoms with Crippen molar-refractivity contribution in [2.45, 2.75) is 25.6 Å². The fourth-order valence-electron chi connectivity index (χ4n) is 5.91. The molecular formula is C30H28N6O5S2. The van der Waals surface area contributed by atoms with Crippen LogP contribution in [0.1, 0.15) is 24.1 Å². The Morgan fingerprint density at radius 2 is 1.67 bits per heavy atom. The minimum Gasteiger partial charge on any atom is -0.355 e. The first-order valence-corrected chi connectivity index (χ1v) is 15.2. The molecule has 1 spiro atoms. The number of anilines is 2. The molecule has 0 saturated carbocycles. The van der Waals surface area contributed by atoms with Crippen molar-refractivity contribution in [2.75, 3.05) is 36.1 Å². The van der Waals surface area contributed by atoms with Crippen molar-refractivity contribution in [3.05, 3.63) is 91.6 Å². The molecule has 3 saturated heterocycles. The highest BCUT2D eigenvalue weighted by Crippen LogP contribution is 2.38. The predicted molar refractivity (Wildman–Crippen MR) is 169 cm³/mol. The van der Waals surface area contributed by atoms with E-state index in [0.717, 1.165) is 11.8 Å². The molecule has 3 fully saturated rings. The maximum absolute atomic E-state index is 13.9. The smallest absolute Gasteiger partial charge is 0.296 e. The molecule has 4 aromatic rings. The molecule has 43 heavy (non-hydrogen) atoms. The molecule has 0 radical (unpaired) electrons. The van der Waals surface area contributed by atoms with Crippen molar-refractivity contribution in [1.82, 2.24) is 18.7 Å². The average Bonchev–Trinajstić information content (AvgIpc) is 3.65. The molecule has 13 heteroatoms. The van der Waals surface area contributed by atoms with Crippen molar-refractivity contribution in [3.63, 3.8) is 0 Å². The Morgan fingerprint density at radius 3 is 2.40 bits per heavy atom. The van der Waals surface area contributed by atoms with Crippen molar-refractivity contribution in [2.24, 2.45) is 7.05 Å². The molecule has 7 rings (SSSR count). The highest BCUT2D eigenvalue weighted by atomic mass is 32.2. The number of aromatic nitrogens is 4. The number of benzene rings is 1. The topological polar surface area (TPSA) is 103 Å². The van der Waals surface area contributed by atoms with Crippen LogP contribution in [0.25, 0.3) is 17.4 Å². The molecule has 0 N–H and O–H groups in total. The molecule has 11 nitrogen and oxygen atoms in total. The maximum atomic E-state index is 13.9. The van der Waals surface area contributed by atoms with Crippen molar-refractivity contribution in [3.8, 4) is 5.69 Å². The summed E-state index contributed by atoms with van der Waals surface area (Å²) in [5.74, 6) is -0.572. The van der Waals surface area contributed by atoms with Gasteiger partial charge in [0.05, 0.1) is 35.1 Å². The summed E-state index contributed by atoms with van der Waals surface area (Å²) >= 11 is 6.70. The normalized spacial score (nSPS) is 19.4. The van der Waals surface area contributed by atoms with Gasteiger partial charge in [-0.2, -0.15) is 0 Å². The van der Waals surface area contributed by atoms with E-state index in [9.17, 15) is 14.4 Å². The number of nitrogens with zero attached hydrogens (tertiary/aromatic N) is 6. The van der Waals surface area contributed by atoms with E-state index in [1.54, 1.807) is 43.1 Å². The summed E-state index contributed by atoms with van der Waals surface area (Å²) in [6.07, 6.45) is 4.48. The van der Waals surface area contributed by atoms with Crippen molar-refractivity contribution in [1.29, 1.82) is 0 Å². The second kappa shape index (κ2) is 10.6. The van der Waals surface area contributed by atoms with E-state index in [0.29, 0.717) is 62.0 Å². The Bertz CT molecular complexity index is 1930. The Kier molecular flexibility index (Phi) is 6.84. The highest BCUT2D eigenvalue weighted by molar-refractivity contribution is 8.27. The Morgan fingerprint density at radius 1 is 0.977 bits per heavy atom. The molecule has 0 aliphatic carbocycles. The van der Waals surface area contributed by atoms with Gasteiger partial charge in [0.25, 0.3) is 17.0 Å². The van der Waals surface area contributed by atoms with Crippen LogP contribution < -0.4 is 20.9 Å². The molecule has 3 aromatic heterocycles. The Labute approximate surface area is 255 Å². The lowest BCUT2D eigenvalue weighted by atomic mass is 10.0. The second-order valence-electron chi connectivity index (χ2n) is 10.6. The zero-order valence-electron chi connectivity index (χ0n) is 23.6. The minimum atomic E-state index is -0.592. The summed E-state index contributed by atoms with van der Waals surface area (Å²) in [5.41, 5.74) is 1.54. The molecule has 3 aliphatic rings. The number of thioether (sulfide) groups is 1. The van der Waals surface area contributed by atoms with Gasteiger partial charge < -0.3 is 14.4 Å². The second-order valence-corrected chi connectivity index (χ2v) is 12.3. The zero-order chi connectivity index (χ0) is 29.9. The van der Waals surface area contributed by atoms with Crippen LogP contribution in [0.3, 0.4) is 0 Å². The van der Waals surface area contributed by atoms with Gasteiger partial charge in [0, 0.05) is 39.2 Å². The van der Waals surface area contributed by atoms with Crippen molar-refractivity contribution < 1.29 is 14.3 Å². The number of carbonyl (C=O) groups is 1. The fraction of sp³-hybridized carbons (Fsp3) is 0.300. The van der Waals surface area contributed by atoms with Gasteiger partial charge in [-0.3, -0.25) is 28.4 Å². The lowest BCUT2D eigenvalue weighted by Gasteiger charge is -2.38. The molecule has 0 unspecified atom stereocenters. The van der Waals surface area contributed by atoms with Gasteiger partial charge in [0.1, 0.15) is 17.2 Å². The van der Waals surface area contributed by atoms with Crippen LogP contribution in [0.2, 0.25) is 0 Å². The molecule has 220 valence electrons. The molecular weight excluding hydrogens is 589 g/mol. The number of carbonyl (C=O) groups excluding carboxylic acids is 1. The number of para-hydroxylation sites is 1. The average molecular weight is 617 g/mol. The number of pyridine rings is 1. The third-order valence-electron chi connectivity index (χ3n) is 8.20. The third-order valence-corrected chi connectivity index (χ3v) is 9.51. The molecule has 1 aromatic carbocycles. The van der Waals surface area contributed by atoms with E-state index >= 15 is 0 Å². The Balaban J connectivity index is 1.29. The van der Waals surface area contributed by atoms with Crippen LogP contribution in [0.15, 0.2) is 69.2 Å². The van der Waals surface area contributed by atoms with Gasteiger partial charge in [-0.05, 0) is 37.3 Å². The van der Waals surface area contributed by atoms with Gasteiger partial charge in [-0.25, -0.2) is 9.67 Å². The van der Waals surface area contributed by atoms with Crippen LogP contribution in [-0.2, 0) is 21.3 Å². The van der Waals surface area contributed by atoms with Gasteiger partial charge in [0.15, 0.2) is 10.1 Å². The van der Waals surface area contributed by atoms with Gasteiger partial charge in [0.2, 0.25) is 0 Å². The zero-order valence-corrected chi connectivity index (χ0v) is 25.2. The molecule has 1 amide bonds. The first kappa shape index (κ1) is 27.8. The number of piperidine rings is 1. The number of hydrogen-bond acceptors (Lipinski definition) is 9. The summed E-state index contributed by atoms with van der Waals surface area (Å²) in [6, 6.07) is 14.6. The minimum absolute atomic E-state index is 0.184. The first-order valence-electron chi connectivity index (χ1n) is 13.9. The van der Waals surface area contributed by atoms with E-state index in [1.165, 1.54) is 14.0 Å². The summed E-state index contributed by atoms with van der Waals surface area (Å²) in [7, 11) is 1.76. The Hall–Kier alpha value is -4.04. The van der Waals surface area contributed by atoms with E-state index in [-0.39, 0.29) is 31.6 Å². The van der Waals surface area contributed by atoms with E-state index in [4.69, 9.17) is 26.7 Å². The van der Waals surface area contributed by atoms with E-state index in [2.05, 4.69) is 0 Å². The van der Waals surface area contributed by atoms with Crippen LogP contribution in [-0.4, -0.2) is 61.1 Å². The van der Waals surface area contributed by atoms with Gasteiger partial charge >= 0.3 is 0 Å². The van der Waals surface area contributed by atoms with E-state index < -0.39 is 11.7 Å². The quantitative estimate of drug-likeness (QED) is 0.253. The largest absolute Gasteiger partial charge is 0.355 e. The number of hydrogen-bond donors (Lipinski definition) is 0.